The summed E-state index contributed by atoms with van der Waals surface area (Å²) >= 11 is 0. The lowest BCUT2D eigenvalue weighted by Crippen LogP contribution is -2.52. The van der Waals surface area contributed by atoms with E-state index in [4.69, 9.17) is 4.74 Å². The van der Waals surface area contributed by atoms with E-state index < -0.39 is 6.10 Å². The lowest BCUT2D eigenvalue weighted by molar-refractivity contribution is -0.129. The standard InChI is InChI=1S/C16H32N4O4/c1-11(2)18-16(23)17-8-7-12-5-6-13(14(10-21)24-12)19-15(22)9-20(3)4/h11-14,21H,5-10H2,1-4H3,(H,19,22)(H2,17,18,23)/t12-,13-,14-/m0/s1. The lowest BCUT2D eigenvalue weighted by Gasteiger charge is -2.36. The molecular weight excluding hydrogens is 312 g/mol. The minimum Gasteiger partial charge on any atom is -0.394 e. The summed E-state index contributed by atoms with van der Waals surface area (Å²) in [5.41, 5.74) is 0. The highest BCUT2D eigenvalue weighted by molar-refractivity contribution is 5.78. The van der Waals surface area contributed by atoms with Crippen LogP contribution in [0.3, 0.4) is 0 Å². The molecule has 1 rings (SSSR count). The van der Waals surface area contributed by atoms with Gasteiger partial charge in [0.25, 0.3) is 0 Å². The number of aliphatic hydroxyl groups is 1. The second-order valence-corrected chi connectivity index (χ2v) is 6.81. The van der Waals surface area contributed by atoms with E-state index in [0.717, 1.165) is 12.8 Å². The summed E-state index contributed by atoms with van der Waals surface area (Å²) in [5.74, 6) is -0.0717. The lowest BCUT2D eigenvalue weighted by atomic mass is 9.97. The van der Waals surface area contributed by atoms with E-state index in [9.17, 15) is 14.7 Å². The van der Waals surface area contributed by atoms with Crippen molar-refractivity contribution in [3.63, 3.8) is 0 Å². The average molecular weight is 344 g/mol. The number of nitrogens with one attached hydrogen (secondary N) is 3. The summed E-state index contributed by atoms with van der Waals surface area (Å²) in [6.45, 7) is 4.50. The average Bonchev–Trinajstić information content (AvgIpc) is 2.46. The van der Waals surface area contributed by atoms with Gasteiger partial charge in [-0.2, -0.15) is 0 Å². The highest BCUT2D eigenvalue weighted by atomic mass is 16.5. The molecule has 1 saturated heterocycles. The zero-order valence-corrected chi connectivity index (χ0v) is 15.2. The van der Waals surface area contributed by atoms with Gasteiger partial charge in [0.15, 0.2) is 0 Å². The molecule has 3 amide bonds. The fourth-order valence-electron chi connectivity index (χ4n) is 2.71. The molecule has 3 atom stereocenters. The second-order valence-electron chi connectivity index (χ2n) is 6.81. The number of urea groups is 1. The van der Waals surface area contributed by atoms with Crippen molar-refractivity contribution >= 4 is 11.9 Å². The van der Waals surface area contributed by atoms with Crippen LogP contribution in [0.15, 0.2) is 0 Å². The van der Waals surface area contributed by atoms with E-state index in [-0.39, 0.29) is 36.7 Å². The predicted molar refractivity (Wildman–Crippen MR) is 91.8 cm³/mol. The number of ether oxygens (including phenoxy) is 1. The SMILES string of the molecule is CC(C)NC(=O)NCC[C@@H]1CC[C@H](NC(=O)CN(C)C)[C@H](CO)O1. The van der Waals surface area contributed by atoms with Crippen LogP contribution in [0, 0.1) is 0 Å². The van der Waals surface area contributed by atoms with Crippen LogP contribution in [-0.4, -0.2) is 80.0 Å². The van der Waals surface area contributed by atoms with Gasteiger partial charge in [0, 0.05) is 12.6 Å². The van der Waals surface area contributed by atoms with E-state index in [0.29, 0.717) is 19.5 Å². The summed E-state index contributed by atoms with van der Waals surface area (Å²) in [4.78, 5) is 25.2. The van der Waals surface area contributed by atoms with Crippen LogP contribution in [0.4, 0.5) is 4.79 Å². The summed E-state index contributed by atoms with van der Waals surface area (Å²) in [6.07, 6.45) is 1.80. The molecule has 8 nitrogen and oxygen atoms in total. The number of rotatable bonds is 8. The Balaban J connectivity index is 2.33. The third-order valence-electron chi connectivity index (χ3n) is 3.77. The molecule has 0 aromatic heterocycles. The fraction of sp³-hybridized carbons (Fsp3) is 0.875. The molecule has 0 spiro atoms. The molecule has 0 aliphatic carbocycles. The molecule has 8 heteroatoms. The fourth-order valence-corrected chi connectivity index (χ4v) is 2.71. The molecular formula is C16H32N4O4. The topological polar surface area (TPSA) is 103 Å². The first kappa shape index (κ1) is 20.7. The van der Waals surface area contributed by atoms with Gasteiger partial charge in [-0.1, -0.05) is 0 Å². The van der Waals surface area contributed by atoms with E-state index in [2.05, 4.69) is 16.0 Å². The molecule has 0 radical (unpaired) electrons. The van der Waals surface area contributed by atoms with E-state index >= 15 is 0 Å². The van der Waals surface area contributed by atoms with Gasteiger partial charge in [0.05, 0.1) is 25.3 Å². The molecule has 1 fully saturated rings. The zero-order chi connectivity index (χ0) is 18.1. The predicted octanol–water partition coefficient (Wildman–Crippen LogP) is -0.330. The molecule has 1 heterocycles. The Bertz CT molecular complexity index is 404. The van der Waals surface area contributed by atoms with Gasteiger partial charge < -0.3 is 30.7 Å². The monoisotopic (exact) mass is 344 g/mol. The van der Waals surface area contributed by atoms with Crippen molar-refractivity contribution in [3.05, 3.63) is 0 Å². The molecule has 140 valence electrons. The van der Waals surface area contributed by atoms with Crippen LogP contribution in [-0.2, 0) is 9.53 Å². The Morgan fingerprint density at radius 1 is 1.29 bits per heavy atom. The molecule has 24 heavy (non-hydrogen) atoms. The van der Waals surface area contributed by atoms with Crippen molar-refractivity contribution in [3.8, 4) is 0 Å². The number of hydrogen-bond donors (Lipinski definition) is 4. The molecule has 1 aliphatic rings. The van der Waals surface area contributed by atoms with Gasteiger partial charge in [-0.3, -0.25) is 4.79 Å². The van der Waals surface area contributed by atoms with Crippen molar-refractivity contribution in [1.29, 1.82) is 0 Å². The van der Waals surface area contributed by atoms with Crippen LogP contribution in [0.2, 0.25) is 0 Å². The largest absolute Gasteiger partial charge is 0.394 e. The molecule has 1 aliphatic heterocycles. The van der Waals surface area contributed by atoms with Gasteiger partial charge in [0.2, 0.25) is 5.91 Å². The Morgan fingerprint density at radius 2 is 2.00 bits per heavy atom. The Hall–Kier alpha value is -1.38. The Kier molecular flexibility index (Phi) is 9.02. The maximum absolute atomic E-state index is 11.9. The van der Waals surface area contributed by atoms with Gasteiger partial charge >= 0.3 is 6.03 Å². The van der Waals surface area contributed by atoms with Crippen LogP contribution in [0.5, 0.6) is 0 Å². The number of carbonyl (C=O) groups is 2. The van der Waals surface area contributed by atoms with Gasteiger partial charge in [-0.15, -0.1) is 0 Å². The van der Waals surface area contributed by atoms with Crippen LogP contribution in [0.1, 0.15) is 33.1 Å². The van der Waals surface area contributed by atoms with Gasteiger partial charge in [-0.25, -0.2) is 4.79 Å². The van der Waals surface area contributed by atoms with E-state index in [1.165, 1.54) is 0 Å². The third-order valence-corrected chi connectivity index (χ3v) is 3.77. The van der Waals surface area contributed by atoms with Crippen molar-refractivity contribution < 1.29 is 19.4 Å². The maximum atomic E-state index is 11.9. The van der Waals surface area contributed by atoms with Crippen molar-refractivity contribution in [2.45, 2.75) is 57.4 Å². The molecule has 4 N–H and O–H groups in total. The number of likely N-dealkylation sites (N-methyl/N-ethyl adjacent to an activating group) is 1. The number of hydrogen-bond acceptors (Lipinski definition) is 5. The Labute approximate surface area is 144 Å². The zero-order valence-electron chi connectivity index (χ0n) is 15.2. The summed E-state index contributed by atoms with van der Waals surface area (Å²) < 4.78 is 5.87. The number of nitrogens with zero attached hydrogens (tertiary/aromatic N) is 1. The highest BCUT2D eigenvalue weighted by Crippen LogP contribution is 2.21. The minimum absolute atomic E-state index is 0.0245. The minimum atomic E-state index is -0.403. The van der Waals surface area contributed by atoms with Crippen LogP contribution < -0.4 is 16.0 Å². The summed E-state index contributed by atoms with van der Waals surface area (Å²) in [7, 11) is 3.66. The van der Waals surface area contributed by atoms with Crippen molar-refractivity contribution in [1.82, 2.24) is 20.9 Å². The van der Waals surface area contributed by atoms with Crippen LogP contribution in [0.25, 0.3) is 0 Å². The summed E-state index contributed by atoms with van der Waals surface area (Å²) in [5, 5.41) is 18.0. The molecule has 0 aromatic rings. The Morgan fingerprint density at radius 3 is 2.58 bits per heavy atom. The third kappa shape index (κ3) is 7.94. The highest BCUT2D eigenvalue weighted by Gasteiger charge is 2.31. The van der Waals surface area contributed by atoms with Crippen LogP contribution >= 0.6 is 0 Å². The normalized spacial score (nSPS) is 24.0. The van der Waals surface area contributed by atoms with E-state index in [1.807, 2.05) is 27.9 Å². The quantitative estimate of drug-likeness (QED) is 0.483. The molecule has 0 saturated carbocycles. The molecule has 0 bridgehead atoms. The first-order valence-electron chi connectivity index (χ1n) is 8.56. The molecule has 0 aromatic carbocycles. The summed E-state index contributed by atoms with van der Waals surface area (Å²) in [6, 6.07) is -0.259. The second kappa shape index (κ2) is 10.5. The number of aliphatic hydroxyl groups excluding tert-OH is 1. The smallest absolute Gasteiger partial charge is 0.314 e. The van der Waals surface area contributed by atoms with Gasteiger partial charge in [-0.05, 0) is 47.2 Å². The van der Waals surface area contributed by atoms with Gasteiger partial charge in [0.1, 0.15) is 6.10 Å². The first-order valence-corrected chi connectivity index (χ1v) is 8.56. The number of carbonyl (C=O) groups excluding carboxylic acids is 2. The van der Waals surface area contributed by atoms with Crippen molar-refractivity contribution in [2.24, 2.45) is 0 Å². The number of amides is 3. The van der Waals surface area contributed by atoms with E-state index in [1.54, 1.807) is 4.90 Å². The maximum Gasteiger partial charge on any atom is 0.314 e. The first-order chi connectivity index (χ1) is 11.3. The van der Waals surface area contributed by atoms with Crippen molar-refractivity contribution in [2.75, 3.05) is 33.8 Å². The molecule has 0 unspecified atom stereocenters.